The summed E-state index contributed by atoms with van der Waals surface area (Å²) in [6.45, 7) is 5.77. The third-order valence-electron chi connectivity index (χ3n) is 8.40. The van der Waals surface area contributed by atoms with Crippen molar-refractivity contribution in [2.45, 2.75) is 63.7 Å². The summed E-state index contributed by atoms with van der Waals surface area (Å²) in [6, 6.07) is 18.8. The molecule has 3 aliphatic rings. The van der Waals surface area contributed by atoms with Crippen LogP contribution in [0.2, 0.25) is 0 Å². The molecule has 6 rings (SSSR count). The first-order valence-electron chi connectivity index (χ1n) is 14.1. The van der Waals surface area contributed by atoms with Crippen LogP contribution in [0.4, 0.5) is 10.1 Å². The molecule has 2 heterocycles. The molecular weight excluding hydrogens is 495 g/mol. The summed E-state index contributed by atoms with van der Waals surface area (Å²) < 4.78 is 25.9. The molecule has 0 radical (unpaired) electrons. The smallest absolute Gasteiger partial charge is 0.238 e. The van der Waals surface area contributed by atoms with Gasteiger partial charge in [0.25, 0.3) is 0 Å². The van der Waals surface area contributed by atoms with Crippen LogP contribution in [0.15, 0.2) is 60.7 Å². The normalized spacial score (nSPS) is 21.0. The van der Waals surface area contributed by atoms with Gasteiger partial charge in [0.15, 0.2) is 0 Å². The Hall–Kier alpha value is -2.97. The van der Waals surface area contributed by atoms with Gasteiger partial charge in [-0.2, -0.15) is 0 Å². The number of hydrogen-bond acceptors (Lipinski definition) is 6. The van der Waals surface area contributed by atoms with Crippen molar-refractivity contribution in [1.29, 1.82) is 0 Å². The van der Waals surface area contributed by atoms with Crippen LogP contribution in [-0.4, -0.2) is 53.4 Å². The summed E-state index contributed by atoms with van der Waals surface area (Å²) >= 11 is 0. The van der Waals surface area contributed by atoms with E-state index >= 15 is 0 Å². The average molecular weight is 533 g/mol. The predicted octanol–water partition coefficient (Wildman–Crippen LogP) is 5.41. The Bertz CT molecular complexity index is 1280. The Morgan fingerprint density at radius 1 is 1.03 bits per heavy atom. The number of piperidine rings is 1. The molecule has 2 N–H and O–H groups in total. The maximum Gasteiger partial charge on any atom is 0.238 e. The fourth-order valence-corrected chi connectivity index (χ4v) is 6.03. The van der Waals surface area contributed by atoms with Crippen molar-refractivity contribution in [1.82, 2.24) is 4.90 Å². The van der Waals surface area contributed by atoms with Crippen LogP contribution in [0.25, 0.3) is 11.1 Å². The van der Waals surface area contributed by atoms with Crippen molar-refractivity contribution < 1.29 is 24.1 Å². The molecule has 3 fully saturated rings. The lowest BCUT2D eigenvalue weighted by atomic mass is 9.90. The summed E-state index contributed by atoms with van der Waals surface area (Å²) in [5.74, 6) is 1.22. The second-order valence-electron chi connectivity index (χ2n) is 11.1. The van der Waals surface area contributed by atoms with E-state index in [9.17, 15) is 14.6 Å². The number of nitrogens with zero attached hydrogens (tertiary/aromatic N) is 2. The predicted molar refractivity (Wildman–Crippen MR) is 149 cm³/mol. The van der Waals surface area contributed by atoms with Gasteiger partial charge in [0, 0.05) is 30.9 Å². The van der Waals surface area contributed by atoms with Gasteiger partial charge in [0.2, 0.25) is 6.41 Å². The maximum atomic E-state index is 13.6. The zero-order chi connectivity index (χ0) is 27.0. The number of anilines is 1. The van der Waals surface area contributed by atoms with E-state index in [-0.39, 0.29) is 18.0 Å². The Labute approximate surface area is 229 Å². The molecule has 39 heavy (non-hydrogen) atoms. The van der Waals surface area contributed by atoms with E-state index in [1.54, 1.807) is 0 Å². The third kappa shape index (κ3) is 5.54. The van der Waals surface area contributed by atoms with E-state index < -0.39 is 6.41 Å². The van der Waals surface area contributed by atoms with Crippen molar-refractivity contribution in [2.75, 3.05) is 31.1 Å². The highest BCUT2D eigenvalue weighted by Crippen LogP contribution is 2.47. The topological polar surface area (TPSA) is 65.4 Å². The summed E-state index contributed by atoms with van der Waals surface area (Å²) in [5, 5.41) is 20.0. The second kappa shape index (κ2) is 10.9. The van der Waals surface area contributed by atoms with Gasteiger partial charge in [-0.25, -0.2) is 4.39 Å². The van der Waals surface area contributed by atoms with Gasteiger partial charge in [-0.3, -0.25) is 4.90 Å². The molecule has 1 atom stereocenters. The number of likely N-dealkylation sites (tertiary alicyclic amines) is 1. The third-order valence-corrected chi connectivity index (χ3v) is 8.40. The van der Waals surface area contributed by atoms with Crippen LogP contribution in [0.3, 0.4) is 0 Å². The number of aliphatic hydroxyl groups excluding tert-OH is 2. The fraction of sp³-hybridized carbons (Fsp3) is 0.438. The van der Waals surface area contributed by atoms with Crippen LogP contribution >= 0.6 is 0 Å². The zero-order valence-electron chi connectivity index (χ0n) is 22.5. The molecule has 2 aliphatic heterocycles. The summed E-state index contributed by atoms with van der Waals surface area (Å²) in [6.07, 6.45) is 3.07. The van der Waals surface area contributed by atoms with Gasteiger partial charge in [-0.1, -0.05) is 24.3 Å². The molecule has 0 bridgehead atoms. The van der Waals surface area contributed by atoms with Gasteiger partial charge in [0.05, 0.1) is 25.4 Å². The van der Waals surface area contributed by atoms with Crippen molar-refractivity contribution in [3.05, 3.63) is 83.2 Å². The molecule has 7 heteroatoms. The molecule has 1 aliphatic carbocycles. The highest BCUT2D eigenvalue weighted by molar-refractivity contribution is 5.71. The van der Waals surface area contributed by atoms with Crippen molar-refractivity contribution >= 4 is 5.69 Å². The molecule has 3 aromatic rings. The minimum absolute atomic E-state index is 0.00122. The first-order valence-corrected chi connectivity index (χ1v) is 14.1. The number of benzene rings is 3. The second-order valence-corrected chi connectivity index (χ2v) is 11.1. The fourth-order valence-electron chi connectivity index (χ4n) is 6.03. The molecule has 1 saturated carbocycles. The number of halogens is 1. The highest BCUT2D eigenvalue weighted by atomic mass is 19.1. The first-order chi connectivity index (χ1) is 19.0. The number of hydrogen-bond donors (Lipinski definition) is 2. The van der Waals surface area contributed by atoms with E-state index in [2.05, 4.69) is 17.0 Å². The van der Waals surface area contributed by atoms with E-state index in [4.69, 9.17) is 9.47 Å². The van der Waals surface area contributed by atoms with Crippen molar-refractivity contribution in [2.24, 2.45) is 0 Å². The minimum Gasteiger partial charge on any atom is -0.494 e. The Balaban J connectivity index is 1.17. The van der Waals surface area contributed by atoms with E-state index in [0.717, 1.165) is 60.6 Å². The van der Waals surface area contributed by atoms with E-state index in [1.807, 2.05) is 48.2 Å². The molecule has 3 aromatic carbocycles. The summed E-state index contributed by atoms with van der Waals surface area (Å²) in [5.41, 5.74) is 6.06. The van der Waals surface area contributed by atoms with Crippen molar-refractivity contribution in [3.63, 3.8) is 0 Å². The standard InChI is InChI=1S/C32H37FN2O4/c1-2-38-30-18-29(24-7-9-26(33)10-8-24)28(23-5-6-23)17-25(30)19-34-15-13-32(14-16-34)21-35(31(37)39-32)27-11-3-22(20-36)4-12-27/h3-4,7-12,17-18,23,31,36-37H,2,5-6,13-16,19-21H2,1H3. The van der Waals surface area contributed by atoms with E-state index in [1.165, 1.54) is 36.1 Å². The molecule has 1 unspecified atom stereocenters. The highest BCUT2D eigenvalue weighted by Gasteiger charge is 2.46. The maximum absolute atomic E-state index is 13.6. The monoisotopic (exact) mass is 532 g/mol. The zero-order valence-corrected chi connectivity index (χ0v) is 22.5. The number of ether oxygens (including phenoxy) is 2. The largest absolute Gasteiger partial charge is 0.494 e. The molecule has 0 aromatic heterocycles. The molecular formula is C32H37FN2O4. The van der Waals surface area contributed by atoms with Crippen molar-refractivity contribution in [3.8, 4) is 16.9 Å². The lowest BCUT2D eigenvalue weighted by molar-refractivity contribution is -0.151. The number of aliphatic hydroxyl groups is 2. The quantitative estimate of drug-likeness (QED) is 0.405. The Kier molecular flexibility index (Phi) is 7.33. The first kappa shape index (κ1) is 26.3. The van der Waals surface area contributed by atoms with Gasteiger partial charge in [0.1, 0.15) is 11.6 Å². The molecule has 1 spiro atoms. The molecule has 206 valence electrons. The van der Waals surface area contributed by atoms with Crippen LogP contribution in [0, 0.1) is 5.82 Å². The molecule has 0 amide bonds. The van der Waals surface area contributed by atoms with Crippen LogP contribution in [0.1, 0.15) is 55.2 Å². The molecule has 6 nitrogen and oxygen atoms in total. The lowest BCUT2D eigenvalue weighted by Gasteiger charge is -2.38. The minimum atomic E-state index is -0.971. The van der Waals surface area contributed by atoms with E-state index in [0.29, 0.717) is 19.1 Å². The summed E-state index contributed by atoms with van der Waals surface area (Å²) in [4.78, 5) is 4.35. The van der Waals surface area contributed by atoms with Gasteiger partial charge in [-0.05, 0) is 97.2 Å². The number of rotatable bonds is 8. The Morgan fingerprint density at radius 3 is 2.38 bits per heavy atom. The van der Waals surface area contributed by atoms with Gasteiger partial charge in [-0.15, -0.1) is 0 Å². The average Bonchev–Trinajstić information content (AvgIpc) is 3.75. The Morgan fingerprint density at radius 2 is 1.74 bits per heavy atom. The van der Waals surface area contributed by atoms with Crippen LogP contribution < -0.4 is 9.64 Å². The SMILES string of the molecule is CCOc1cc(-c2ccc(F)cc2)c(C2CC2)cc1CN1CCC2(CC1)CN(c1ccc(CO)cc1)C(O)O2. The lowest BCUT2D eigenvalue weighted by Crippen LogP contribution is -2.46. The van der Waals surface area contributed by atoms with Gasteiger partial charge < -0.3 is 24.6 Å². The van der Waals surface area contributed by atoms with Crippen LogP contribution in [-0.2, 0) is 17.9 Å². The van der Waals surface area contributed by atoms with Gasteiger partial charge >= 0.3 is 0 Å². The molecule has 2 saturated heterocycles. The summed E-state index contributed by atoms with van der Waals surface area (Å²) in [7, 11) is 0. The van der Waals surface area contributed by atoms with Crippen LogP contribution in [0.5, 0.6) is 5.75 Å².